The Balaban J connectivity index is 1.83. The molecule has 2 aliphatic rings. The van der Waals surface area contributed by atoms with Crippen LogP contribution in [0, 0.1) is 6.92 Å². The average molecular weight is 276 g/mol. The van der Waals surface area contributed by atoms with Crippen molar-refractivity contribution in [2.45, 2.75) is 44.7 Å². The standard InChI is InChI=1S/C15H24N4O/c1-12-16-13(10-18(12)3)11-19-9-5-7-15(19)6-4-8-17(2)14(15)20/h10H,4-9,11H2,1-3H3. The molecule has 3 rings (SSSR count). The van der Waals surface area contributed by atoms with Gasteiger partial charge >= 0.3 is 0 Å². The number of likely N-dealkylation sites (tertiary alicyclic amines) is 2. The monoisotopic (exact) mass is 276 g/mol. The molecule has 1 aromatic heterocycles. The lowest BCUT2D eigenvalue weighted by atomic mass is 9.85. The number of imidazole rings is 1. The van der Waals surface area contributed by atoms with Crippen LogP contribution in [-0.4, -0.2) is 50.9 Å². The number of aryl methyl sites for hydroxylation is 2. The van der Waals surface area contributed by atoms with Gasteiger partial charge < -0.3 is 9.47 Å². The van der Waals surface area contributed by atoms with Crippen molar-refractivity contribution in [3.63, 3.8) is 0 Å². The fraction of sp³-hybridized carbons (Fsp3) is 0.733. The van der Waals surface area contributed by atoms with Crippen LogP contribution in [0.1, 0.15) is 37.2 Å². The molecule has 2 fully saturated rings. The summed E-state index contributed by atoms with van der Waals surface area (Å²) in [7, 11) is 3.95. The second kappa shape index (κ2) is 4.88. The molecule has 1 spiro atoms. The average Bonchev–Trinajstić information content (AvgIpc) is 2.93. The normalized spacial score (nSPS) is 27.8. The Morgan fingerprint density at radius 1 is 1.25 bits per heavy atom. The molecule has 0 aliphatic carbocycles. The lowest BCUT2D eigenvalue weighted by molar-refractivity contribution is -0.146. The predicted molar refractivity (Wildman–Crippen MR) is 77.2 cm³/mol. The van der Waals surface area contributed by atoms with Crippen LogP contribution >= 0.6 is 0 Å². The Bertz CT molecular complexity index is 504. The quantitative estimate of drug-likeness (QED) is 0.818. The van der Waals surface area contributed by atoms with Crippen LogP contribution < -0.4 is 0 Å². The summed E-state index contributed by atoms with van der Waals surface area (Å²) in [5.41, 5.74) is 0.825. The molecule has 0 N–H and O–H groups in total. The topological polar surface area (TPSA) is 41.4 Å². The number of aromatic nitrogens is 2. The largest absolute Gasteiger partial charge is 0.344 e. The number of hydrogen-bond donors (Lipinski definition) is 0. The molecule has 2 saturated heterocycles. The number of nitrogens with zero attached hydrogens (tertiary/aromatic N) is 4. The molecule has 1 unspecified atom stereocenters. The van der Waals surface area contributed by atoms with E-state index in [9.17, 15) is 4.79 Å². The molecule has 0 radical (unpaired) electrons. The van der Waals surface area contributed by atoms with E-state index in [1.165, 1.54) is 0 Å². The highest BCUT2D eigenvalue weighted by Gasteiger charge is 2.49. The summed E-state index contributed by atoms with van der Waals surface area (Å²) in [6.07, 6.45) is 6.31. The number of carbonyl (C=O) groups excluding carboxylic acids is 1. The summed E-state index contributed by atoms with van der Waals surface area (Å²) in [5, 5.41) is 0. The van der Waals surface area contributed by atoms with Gasteiger partial charge in [0, 0.05) is 33.4 Å². The zero-order valence-electron chi connectivity index (χ0n) is 12.7. The summed E-state index contributed by atoms with van der Waals surface area (Å²) in [6.45, 7) is 4.72. The van der Waals surface area contributed by atoms with E-state index in [0.29, 0.717) is 5.91 Å². The van der Waals surface area contributed by atoms with E-state index < -0.39 is 0 Å². The highest BCUT2D eigenvalue weighted by Crippen LogP contribution is 2.38. The summed E-state index contributed by atoms with van der Waals surface area (Å²) in [6, 6.07) is 0. The predicted octanol–water partition coefficient (Wildman–Crippen LogP) is 1.32. The molecule has 1 amide bonds. The Hall–Kier alpha value is -1.36. The molecule has 0 saturated carbocycles. The Kier molecular flexibility index (Phi) is 3.32. The SMILES string of the molecule is Cc1nc(CN2CCCC23CCCN(C)C3=O)cn1C. The minimum absolute atomic E-state index is 0.252. The van der Waals surface area contributed by atoms with Gasteiger partial charge in [-0.15, -0.1) is 0 Å². The van der Waals surface area contributed by atoms with Gasteiger partial charge in [-0.25, -0.2) is 4.98 Å². The van der Waals surface area contributed by atoms with Gasteiger partial charge in [0.05, 0.1) is 5.69 Å². The van der Waals surface area contributed by atoms with Gasteiger partial charge in [-0.1, -0.05) is 0 Å². The fourth-order valence-corrected chi connectivity index (χ4v) is 3.77. The van der Waals surface area contributed by atoms with Crippen LogP contribution in [-0.2, 0) is 18.4 Å². The van der Waals surface area contributed by atoms with E-state index in [-0.39, 0.29) is 5.54 Å². The first kappa shape index (κ1) is 13.6. The van der Waals surface area contributed by atoms with E-state index in [4.69, 9.17) is 0 Å². The number of amides is 1. The van der Waals surface area contributed by atoms with Gasteiger partial charge in [0.2, 0.25) is 5.91 Å². The molecule has 1 atom stereocenters. The van der Waals surface area contributed by atoms with Crippen LogP contribution in [0.5, 0.6) is 0 Å². The Labute approximate surface area is 120 Å². The van der Waals surface area contributed by atoms with Gasteiger partial charge in [-0.3, -0.25) is 9.69 Å². The van der Waals surface area contributed by atoms with E-state index in [1.807, 2.05) is 30.5 Å². The summed E-state index contributed by atoms with van der Waals surface area (Å²) in [4.78, 5) is 21.5. The highest BCUT2D eigenvalue weighted by molar-refractivity contribution is 5.87. The first-order chi connectivity index (χ1) is 9.53. The number of hydrogen-bond acceptors (Lipinski definition) is 3. The third-order valence-corrected chi connectivity index (χ3v) is 4.96. The molecule has 110 valence electrons. The maximum Gasteiger partial charge on any atom is 0.242 e. The second-order valence-electron chi connectivity index (χ2n) is 6.28. The van der Waals surface area contributed by atoms with Crippen molar-refractivity contribution in [2.75, 3.05) is 20.1 Å². The first-order valence-electron chi connectivity index (χ1n) is 7.52. The van der Waals surface area contributed by atoms with Gasteiger partial charge in [0.1, 0.15) is 11.4 Å². The number of carbonyl (C=O) groups is 1. The molecule has 1 aromatic rings. The number of piperidine rings is 1. The first-order valence-corrected chi connectivity index (χ1v) is 7.52. The molecule has 0 bridgehead atoms. The maximum absolute atomic E-state index is 12.7. The van der Waals surface area contributed by atoms with Crippen molar-refractivity contribution in [2.24, 2.45) is 7.05 Å². The van der Waals surface area contributed by atoms with Crippen LogP contribution in [0.15, 0.2) is 6.20 Å². The smallest absolute Gasteiger partial charge is 0.242 e. The number of likely N-dealkylation sites (N-methyl/N-ethyl adjacent to an activating group) is 1. The van der Waals surface area contributed by atoms with Crippen LogP contribution in [0.4, 0.5) is 0 Å². The molecule has 3 heterocycles. The minimum atomic E-state index is -0.252. The van der Waals surface area contributed by atoms with Gasteiger partial charge in [-0.05, 0) is 39.2 Å². The second-order valence-corrected chi connectivity index (χ2v) is 6.28. The molecule has 5 heteroatoms. The molecule has 2 aliphatic heterocycles. The van der Waals surface area contributed by atoms with Crippen molar-refractivity contribution in [3.8, 4) is 0 Å². The van der Waals surface area contributed by atoms with E-state index in [2.05, 4.69) is 16.1 Å². The zero-order valence-corrected chi connectivity index (χ0v) is 12.7. The maximum atomic E-state index is 12.7. The minimum Gasteiger partial charge on any atom is -0.344 e. The van der Waals surface area contributed by atoms with Crippen molar-refractivity contribution < 1.29 is 4.79 Å². The van der Waals surface area contributed by atoms with Gasteiger partial charge in [0.15, 0.2) is 0 Å². The summed E-state index contributed by atoms with van der Waals surface area (Å²) < 4.78 is 2.05. The van der Waals surface area contributed by atoms with Crippen LogP contribution in [0.25, 0.3) is 0 Å². The third kappa shape index (κ3) is 2.04. The van der Waals surface area contributed by atoms with Crippen molar-refractivity contribution >= 4 is 5.91 Å². The molecular formula is C15H24N4O. The summed E-state index contributed by atoms with van der Waals surface area (Å²) in [5.74, 6) is 1.34. The molecule has 5 nitrogen and oxygen atoms in total. The molecule has 0 aromatic carbocycles. The van der Waals surface area contributed by atoms with Crippen LogP contribution in [0.2, 0.25) is 0 Å². The third-order valence-electron chi connectivity index (χ3n) is 4.96. The molecular weight excluding hydrogens is 252 g/mol. The fourth-order valence-electron chi connectivity index (χ4n) is 3.77. The molecule has 20 heavy (non-hydrogen) atoms. The Morgan fingerprint density at radius 2 is 1.95 bits per heavy atom. The van der Waals surface area contributed by atoms with Gasteiger partial charge in [-0.2, -0.15) is 0 Å². The lowest BCUT2D eigenvalue weighted by Crippen LogP contribution is -2.58. The number of rotatable bonds is 2. The summed E-state index contributed by atoms with van der Waals surface area (Å²) >= 11 is 0. The van der Waals surface area contributed by atoms with Crippen molar-refractivity contribution in [1.29, 1.82) is 0 Å². The van der Waals surface area contributed by atoms with E-state index >= 15 is 0 Å². The highest BCUT2D eigenvalue weighted by atomic mass is 16.2. The van der Waals surface area contributed by atoms with E-state index in [1.54, 1.807) is 0 Å². The van der Waals surface area contributed by atoms with Crippen LogP contribution in [0.3, 0.4) is 0 Å². The van der Waals surface area contributed by atoms with E-state index in [0.717, 1.165) is 56.8 Å². The lowest BCUT2D eigenvalue weighted by Gasteiger charge is -2.43. The van der Waals surface area contributed by atoms with Gasteiger partial charge in [0.25, 0.3) is 0 Å². The zero-order chi connectivity index (χ0) is 14.3. The van der Waals surface area contributed by atoms with Crippen molar-refractivity contribution in [1.82, 2.24) is 19.4 Å². The van der Waals surface area contributed by atoms with Crippen molar-refractivity contribution in [3.05, 3.63) is 17.7 Å². The Morgan fingerprint density at radius 3 is 2.60 bits per heavy atom.